The van der Waals surface area contributed by atoms with E-state index in [2.05, 4.69) is 63.2 Å². The maximum atomic E-state index is 6.68. The molecule has 32 heavy (non-hydrogen) atoms. The third-order valence-electron chi connectivity index (χ3n) is 7.05. The maximum absolute atomic E-state index is 6.68. The summed E-state index contributed by atoms with van der Waals surface area (Å²) in [6, 6.07) is 18.9. The highest BCUT2D eigenvalue weighted by Crippen LogP contribution is 2.42. The molecule has 0 atom stereocenters. The lowest BCUT2D eigenvalue weighted by Crippen LogP contribution is -2.30. The van der Waals surface area contributed by atoms with Crippen molar-refractivity contribution in [2.45, 2.75) is 71.9 Å². The Hall–Kier alpha value is -2.03. The zero-order chi connectivity index (χ0) is 23.1. The maximum Gasteiger partial charge on any atom is 0.128 e. The quantitative estimate of drug-likeness (QED) is 0.434. The van der Waals surface area contributed by atoms with Gasteiger partial charge in [-0.05, 0) is 97.0 Å². The summed E-state index contributed by atoms with van der Waals surface area (Å²) in [6.07, 6.45) is 4.94. The molecule has 0 aliphatic heterocycles. The Morgan fingerprint density at radius 2 is 1.50 bits per heavy atom. The Labute approximate surface area is 198 Å². The van der Waals surface area contributed by atoms with E-state index in [1.807, 2.05) is 26.0 Å². The van der Waals surface area contributed by atoms with Gasteiger partial charge >= 0.3 is 0 Å². The topological polar surface area (TPSA) is 35.2 Å². The summed E-state index contributed by atoms with van der Waals surface area (Å²) in [5.41, 5.74) is 9.75. The van der Waals surface area contributed by atoms with E-state index >= 15 is 0 Å². The van der Waals surface area contributed by atoms with Crippen LogP contribution in [0, 0.1) is 11.3 Å². The van der Waals surface area contributed by atoms with E-state index in [1.165, 1.54) is 23.6 Å². The first-order chi connectivity index (χ1) is 15.0. The van der Waals surface area contributed by atoms with Crippen molar-refractivity contribution < 1.29 is 4.74 Å². The normalized spacial score (nSPS) is 19.8. The summed E-state index contributed by atoms with van der Waals surface area (Å²) in [5.74, 6) is 1.73. The summed E-state index contributed by atoms with van der Waals surface area (Å²) in [6.45, 7) is 11.2. The Balaban J connectivity index is 1.72. The third-order valence-corrected chi connectivity index (χ3v) is 7.30. The molecule has 1 saturated carbocycles. The van der Waals surface area contributed by atoms with Crippen LogP contribution in [-0.4, -0.2) is 6.10 Å². The number of fused-ring (bicyclic) bond motifs is 1. The molecule has 3 aromatic rings. The number of nitrogens with two attached hydrogens (primary N) is 1. The molecule has 0 amide bonds. The summed E-state index contributed by atoms with van der Waals surface area (Å²) < 4.78 is 6.68. The van der Waals surface area contributed by atoms with Gasteiger partial charge in [0.05, 0.1) is 6.10 Å². The van der Waals surface area contributed by atoms with Crippen LogP contribution in [0.2, 0.25) is 5.02 Å². The van der Waals surface area contributed by atoms with Crippen LogP contribution in [0.3, 0.4) is 0 Å². The number of rotatable bonds is 4. The zero-order valence-corrected chi connectivity index (χ0v) is 20.8. The minimum Gasteiger partial charge on any atom is -0.490 e. The molecule has 0 aromatic heterocycles. The molecule has 0 bridgehead atoms. The lowest BCUT2D eigenvalue weighted by atomic mass is 9.72. The van der Waals surface area contributed by atoms with Gasteiger partial charge in [-0.1, -0.05) is 62.7 Å². The highest BCUT2D eigenvalue weighted by Gasteiger charge is 2.31. The van der Waals surface area contributed by atoms with Crippen molar-refractivity contribution in [3.05, 3.63) is 65.2 Å². The molecular formula is C29H36ClNO. The Kier molecular flexibility index (Phi) is 6.31. The fourth-order valence-corrected chi connectivity index (χ4v) is 5.08. The van der Waals surface area contributed by atoms with Crippen molar-refractivity contribution in [2.24, 2.45) is 17.1 Å². The SMILES string of the molecule is CC(C)(N)c1ccc2c(-c3ccc(Cl)cc3)c(OC3CCC(C(C)(C)C)CC3)ccc2c1. The molecule has 2 nitrogen and oxygen atoms in total. The van der Waals surface area contributed by atoms with Crippen LogP contribution >= 0.6 is 11.6 Å². The predicted octanol–water partition coefficient (Wildman–Crippen LogP) is 8.34. The van der Waals surface area contributed by atoms with Crippen LogP contribution in [0.5, 0.6) is 5.75 Å². The van der Waals surface area contributed by atoms with Crippen molar-refractivity contribution in [3.63, 3.8) is 0 Å². The predicted molar refractivity (Wildman–Crippen MR) is 137 cm³/mol. The molecule has 0 saturated heterocycles. The van der Waals surface area contributed by atoms with Crippen molar-refractivity contribution in [1.82, 2.24) is 0 Å². The summed E-state index contributed by atoms with van der Waals surface area (Å²) >= 11 is 6.19. The summed E-state index contributed by atoms with van der Waals surface area (Å²) in [5, 5.41) is 3.10. The van der Waals surface area contributed by atoms with Crippen LogP contribution in [0.4, 0.5) is 0 Å². The minimum absolute atomic E-state index is 0.263. The molecule has 0 unspecified atom stereocenters. The average Bonchev–Trinajstić information content (AvgIpc) is 2.73. The fraction of sp³-hybridized carbons (Fsp3) is 0.448. The Bertz CT molecular complexity index is 1080. The van der Waals surface area contributed by atoms with Gasteiger partial charge in [-0.2, -0.15) is 0 Å². The van der Waals surface area contributed by atoms with Gasteiger partial charge in [0.1, 0.15) is 5.75 Å². The van der Waals surface area contributed by atoms with E-state index < -0.39 is 0 Å². The molecule has 1 aliphatic carbocycles. The Morgan fingerprint density at radius 1 is 0.844 bits per heavy atom. The molecule has 1 aliphatic rings. The summed E-state index contributed by atoms with van der Waals surface area (Å²) in [4.78, 5) is 0. The monoisotopic (exact) mass is 449 g/mol. The highest BCUT2D eigenvalue weighted by molar-refractivity contribution is 6.30. The van der Waals surface area contributed by atoms with E-state index in [9.17, 15) is 0 Å². The van der Waals surface area contributed by atoms with Gasteiger partial charge in [-0.25, -0.2) is 0 Å². The van der Waals surface area contributed by atoms with Gasteiger partial charge in [0.15, 0.2) is 0 Å². The first-order valence-electron chi connectivity index (χ1n) is 11.8. The zero-order valence-electron chi connectivity index (χ0n) is 20.0. The molecule has 4 rings (SSSR count). The number of ether oxygens (including phenoxy) is 1. The molecular weight excluding hydrogens is 414 g/mol. The van der Waals surface area contributed by atoms with Crippen LogP contribution < -0.4 is 10.5 Å². The lowest BCUT2D eigenvalue weighted by Gasteiger charge is -2.37. The van der Waals surface area contributed by atoms with E-state index in [0.29, 0.717) is 5.41 Å². The Morgan fingerprint density at radius 3 is 2.09 bits per heavy atom. The van der Waals surface area contributed by atoms with Crippen molar-refractivity contribution in [1.29, 1.82) is 0 Å². The van der Waals surface area contributed by atoms with Gasteiger partial charge in [0, 0.05) is 16.1 Å². The first-order valence-corrected chi connectivity index (χ1v) is 12.2. The fourth-order valence-electron chi connectivity index (χ4n) is 4.95. The first kappa shape index (κ1) is 23.1. The highest BCUT2D eigenvalue weighted by atomic mass is 35.5. The largest absolute Gasteiger partial charge is 0.490 e. The lowest BCUT2D eigenvalue weighted by molar-refractivity contribution is 0.0887. The van der Waals surface area contributed by atoms with Gasteiger partial charge in [0.2, 0.25) is 0 Å². The molecule has 3 aromatic carbocycles. The molecule has 0 radical (unpaired) electrons. The van der Waals surface area contributed by atoms with Crippen molar-refractivity contribution in [3.8, 4) is 16.9 Å². The van der Waals surface area contributed by atoms with Crippen molar-refractivity contribution >= 4 is 22.4 Å². The minimum atomic E-state index is -0.379. The number of hydrogen-bond donors (Lipinski definition) is 1. The number of halogens is 1. The van der Waals surface area contributed by atoms with E-state index in [0.717, 1.165) is 46.2 Å². The number of hydrogen-bond acceptors (Lipinski definition) is 2. The van der Waals surface area contributed by atoms with Crippen molar-refractivity contribution in [2.75, 3.05) is 0 Å². The third kappa shape index (κ3) is 4.97. The van der Waals surface area contributed by atoms with Crippen LogP contribution in [-0.2, 0) is 5.54 Å². The number of benzene rings is 3. The molecule has 0 spiro atoms. The van der Waals surface area contributed by atoms with Crippen LogP contribution in [0.1, 0.15) is 65.9 Å². The molecule has 3 heteroatoms. The van der Waals surface area contributed by atoms with E-state index in [-0.39, 0.29) is 11.6 Å². The standard InChI is InChI=1S/C29H36ClNO/c1-28(2,3)21-9-14-24(15-10-21)32-26-17-8-20-18-22(29(4,5)31)11-16-25(20)27(26)19-6-12-23(30)13-7-19/h6-8,11-13,16-18,21,24H,9-10,14-15,31H2,1-5H3. The molecule has 0 heterocycles. The van der Waals surface area contributed by atoms with Gasteiger partial charge < -0.3 is 10.5 Å². The smallest absolute Gasteiger partial charge is 0.128 e. The van der Waals surface area contributed by atoms with E-state index in [1.54, 1.807) is 0 Å². The van der Waals surface area contributed by atoms with Gasteiger partial charge in [0.25, 0.3) is 0 Å². The van der Waals surface area contributed by atoms with E-state index in [4.69, 9.17) is 22.1 Å². The molecule has 1 fully saturated rings. The second-order valence-electron chi connectivity index (χ2n) is 11.1. The van der Waals surface area contributed by atoms with Crippen LogP contribution in [0.15, 0.2) is 54.6 Å². The second kappa shape index (κ2) is 8.72. The second-order valence-corrected chi connectivity index (χ2v) is 11.5. The molecule has 2 N–H and O–H groups in total. The van der Waals surface area contributed by atoms with Gasteiger partial charge in [-0.15, -0.1) is 0 Å². The summed E-state index contributed by atoms with van der Waals surface area (Å²) in [7, 11) is 0. The molecule has 170 valence electrons. The average molecular weight is 450 g/mol. The van der Waals surface area contributed by atoms with Crippen LogP contribution in [0.25, 0.3) is 21.9 Å². The van der Waals surface area contributed by atoms with Gasteiger partial charge in [-0.3, -0.25) is 0 Å².